The third-order valence-electron chi connectivity index (χ3n) is 3.31. The second kappa shape index (κ2) is 8.59. The average molecular weight is 279 g/mol. The van der Waals surface area contributed by atoms with Gasteiger partial charge < -0.3 is 9.84 Å². The van der Waals surface area contributed by atoms with Crippen molar-refractivity contribution in [2.24, 2.45) is 0 Å². The number of benzene rings is 1. The lowest BCUT2D eigenvalue weighted by Crippen LogP contribution is -2.34. The van der Waals surface area contributed by atoms with Crippen LogP contribution in [-0.2, 0) is 4.79 Å². The molecule has 0 fully saturated rings. The molecular formula is C16H25NO3. The van der Waals surface area contributed by atoms with E-state index in [4.69, 9.17) is 4.74 Å². The number of hydrogen-bond donors (Lipinski definition) is 1. The zero-order valence-electron chi connectivity index (χ0n) is 12.6. The fourth-order valence-corrected chi connectivity index (χ4v) is 2.25. The van der Waals surface area contributed by atoms with Crippen LogP contribution in [0.2, 0.25) is 0 Å². The van der Waals surface area contributed by atoms with Crippen molar-refractivity contribution < 1.29 is 14.6 Å². The van der Waals surface area contributed by atoms with E-state index >= 15 is 0 Å². The number of aliphatic carboxylic acids is 1. The first-order valence-corrected chi connectivity index (χ1v) is 7.33. The summed E-state index contributed by atoms with van der Waals surface area (Å²) in [7, 11) is 0. The molecule has 1 unspecified atom stereocenters. The van der Waals surface area contributed by atoms with Crippen molar-refractivity contribution in [3.05, 3.63) is 29.8 Å². The minimum atomic E-state index is -0.799. The Balaban J connectivity index is 2.91. The van der Waals surface area contributed by atoms with Crippen molar-refractivity contribution in [3.8, 4) is 5.75 Å². The molecule has 1 N–H and O–H groups in total. The van der Waals surface area contributed by atoms with Crippen LogP contribution in [0.15, 0.2) is 24.3 Å². The van der Waals surface area contributed by atoms with Gasteiger partial charge in [0.25, 0.3) is 0 Å². The summed E-state index contributed by atoms with van der Waals surface area (Å²) in [6, 6.07) is 6.78. The number of rotatable bonds is 9. The van der Waals surface area contributed by atoms with Gasteiger partial charge in [-0.2, -0.15) is 0 Å². The van der Waals surface area contributed by atoms with Gasteiger partial charge >= 0.3 is 5.97 Å². The molecular weight excluding hydrogens is 254 g/mol. The first-order chi connectivity index (χ1) is 9.63. The normalized spacial score (nSPS) is 12.4. The SMILES string of the molecule is CCCCN(CC)C(C(=O)O)c1ccc(OCC)cc1. The third kappa shape index (κ3) is 4.53. The van der Waals surface area contributed by atoms with Gasteiger partial charge in [0.15, 0.2) is 0 Å². The number of carboxylic acids is 1. The topological polar surface area (TPSA) is 49.8 Å². The average Bonchev–Trinajstić information content (AvgIpc) is 2.44. The summed E-state index contributed by atoms with van der Waals surface area (Å²) in [6.45, 7) is 8.18. The van der Waals surface area contributed by atoms with E-state index in [0.717, 1.165) is 37.2 Å². The van der Waals surface area contributed by atoms with Crippen LogP contribution in [0.4, 0.5) is 0 Å². The van der Waals surface area contributed by atoms with Crippen LogP contribution in [-0.4, -0.2) is 35.7 Å². The van der Waals surface area contributed by atoms with E-state index in [-0.39, 0.29) is 0 Å². The highest BCUT2D eigenvalue weighted by Gasteiger charge is 2.25. The van der Waals surface area contributed by atoms with E-state index in [1.807, 2.05) is 43.0 Å². The Morgan fingerprint density at radius 2 is 1.90 bits per heavy atom. The van der Waals surface area contributed by atoms with Crippen LogP contribution < -0.4 is 4.74 Å². The maximum absolute atomic E-state index is 11.6. The van der Waals surface area contributed by atoms with Crippen molar-refractivity contribution in [1.82, 2.24) is 4.90 Å². The summed E-state index contributed by atoms with van der Waals surface area (Å²) in [6.07, 6.45) is 2.07. The fourth-order valence-electron chi connectivity index (χ4n) is 2.25. The highest BCUT2D eigenvalue weighted by molar-refractivity contribution is 5.75. The fraction of sp³-hybridized carbons (Fsp3) is 0.562. The molecule has 0 aliphatic heterocycles. The molecule has 1 aromatic carbocycles. The van der Waals surface area contributed by atoms with E-state index in [1.54, 1.807) is 0 Å². The van der Waals surface area contributed by atoms with Gasteiger partial charge in [-0.15, -0.1) is 0 Å². The molecule has 0 aliphatic rings. The van der Waals surface area contributed by atoms with Crippen molar-refractivity contribution in [3.63, 3.8) is 0 Å². The molecule has 0 saturated heterocycles. The van der Waals surface area contributed by atoms with Crippen LogP contribution >= 0.6 is 0 Å². The van der Waals surface area contributed by atoms with Crippen molar-refractivity contribution in [2.45, 2.75) is 39.7 Å². The van der Waals surface area contributed by atoms with Gasteiger partial charge in [-0.3, -0.25) is 9.69 Å². The number of unbranched alkanes of at least 4 members (excludes halogenated alkanes) is 1. The second-order valence-corrected chi connectivity index (χ2v) is 4.72. The summed E-state index contributed by atoms with van der Waals surface area (Å²) in [5.41, 5.74) is 0.805. The Labute approximate surface area is 121 Å². The Bertz CT molecular complexity index is 403. The van der Waals surface area contributed by atoms with E-state index in [9.17, 15) is 9.90 Å². The van der Waals surface area contributed by atoms with Crippen LogP contribution in [0.1, 0.15) is 45.2 Å². The lowest BCUT2D eigenvalue weighted by atomic mass is 10.0. The Morgan fingerprint density at radius 1 is 1.25 bits per heavy atom. The standard InChI is InChI=1S/C16H25NO3/c1-4-7-12-17(5-2)15(16(18)19)13-8-10-14(11-9-13)20-6-3/h8-11,15H,4-7,12H2,1-3H3,(H,18,19). The van der Waals surface area contributed by atoms with Gasteiger partial charge in [0.05, 0.1) is 6.61 Å². The van der Waals surface area contributed by atoms with Crippen molar-refractivity contribution >= 4 is 5.97 Å². The van der Waals surface area contributed by atoms with Crippen LogP contribution in [0.3, 0.4) is 0 Å². The molecule has 0 spiro atoms. The molecule has 4 heteroatoms. The van der Waals surface area contributed by atoms with Crippen molar-refractivity contribution in [2.75, 3.05) is 19.7 Å². The van der Waals surface area contributed by atoms with Crippen LogP contribution in [0, 0.1) is 0 Å². The molecule has 112 valence electrons. The molecule has 0 saturated carbocycles. The number of ether oxygens (including phenoxy) is 1. The Hall–Kier alpha value is -1.55. The van der Waals surface area contributed by atoms with Gasteiger partial charge in [0.1, 0.15) is 11.8 Å². The minimum Gasteiger partial charge on any atom is -0.494 e. The minimum absolute atomic E-state index is 0.581. The summed E-state index contributed by atoms with van der Waals surface area (Å²) < 4.78 is 5.39. The Kier molecular flexibility index (Phi) is 7.09. The zero-order chi connectivity index (χ0) is 15.0. The zero-order valence-corrected chi connectivity index (χ0v) is 12.6. The van der Waals surface area contributed by atoms with Gasteiger partial charge in [-0.05, 0) is 44.1 Å². The third-order valence-corrected chi connectivity index (χ3v) is 3.31. The Morgan fingerprint density at radius 3 is 2.35 bits per heavy atom. The molecule has 0 heterocycles. The maximum atomic E-state index is 11.6. The predicted molar refractivity (Wildman–Crippen MR) is 80.1 cm³/mol. The van der Waals surface area contributed by atoms with E-state index in [2.05, 4.69) is 6.92 Å². The second-order valence-electron chi connectivity index (χ2n) is 4.72. The summed E-state index contributed by atoms with van der Waals surface area (Å²) >= 11 is 0. The lowest BCUT2D eigenvalue weighted by Gasteiger charge is -2.27. The van der Waals surface area contributed by atoms with Crippen LogP contribution in [0.5, 0.6) is 5.75 Å². The molecule has 0 amide bonds. The maximum Gasteiger partial charge on any atom is 0.325 e. The highest BCUT2D eigenvalue weighted by atomic mass is 16.5. The molecule has 20 heavy (non-hydrogen) atoms. The van der Waals surface area contributed by atoms with Gasteiger partial charge in [0, 0.05) is 0 Å². The first kappa shape index (κ1) is 16.5. The van der Waals surface area contributed by atoms with Crippen LogP contribution in [0.25, 0.3) is 0 Å². The smallest absolute Gasteiger partial charge is 0.325 e. The molecule has 1 rings (SSSR count). The quantitative estimate of drug-likeness (QED) is 0.753. The molecule has 0 bridgehead atoms. The monoisotopic (exact) mass is 279 g/mol. The van der Waals surface area contributed by atoms with E-state index in [1.165, 1.54) is 0 Å². The van der Waals surface area contributed by atoms with E-state index < -0.39 is 12.0 Å². The molecule has 0 aromatic heterocycles. The van der Waals surface area contributed by atoms with Crippen molar-refractivity contribution in [1.29, 1.82) is 0 Å². The number of likely N-dealkylation sites (N-methyl/N-ethyl adjacent to an activating group) is 1. The first-order valence-electron chi connectivity index (χ1n) is 7.33. The van der Waals surface area contributed by atoms with E-state index in [0.29, 0.717) is 6.61 Å². The largest absolute Gasteiger partial charge is 0.494 e. The number of nitrogens with zero attached hydrogens (tertiary/aromatic N) is 1. The molecule has 0 radical (unpaired) electrons. The lowest BCUT2D eigenvalue weighted by molar-refractivity contribution is -0.143. The molecule has 1 aromatic rings. The number of carbonyl (C=O) groups is 1. The van der Waals surface area contributed by atoms with Gasteiger partial charge in [-0.25, -0.2) is 0 Å². The summed E-state index contributed by atoms with van der Waals surface area (Å²) in [5.74, 6) is -0.0240. The number of carboxylic acid groups (broad SMARTS) is 1. The molecule has 0 aliphatic carbocycles. The number of hydrogen-bond acceptors (Lipinski definition) is 3. The van der Waals surface area contributed by atoms with Gasteiger partial charge in [0.2, 0.25) is 0 Å². The van der Waals surface area contributed by atoms with Gasteiger partial charge in [-0.1, -0.05) is 32.4 Å². The highest BCUT2D eigenvalue weighted by Crippen LogP contribution is 2.24. The molecule has 4 nitrogen and oxygen atoms in total. The predicted octanol–water partition coefficient (Wildman–Crippen LogP) is 3.33. The summed E-state index contributed by atoms with van der Waals surface area (Å²) in [4.78, 5) is 13.6. The molecule has 1 atom stereocenters. The summed E-state index contributed by atoms with van der Waals surface area (Å²) in [5, 5.41) is 9.53.